The first kappa shape index (κ1) is 28.8. The number of benzene rings is 2. The van der Waals surface area contributed by atoms with E-state index < -0.39 is 13.9 Å². The van der Waals surface area contributed by atoms with Crippen LogP contribution in [0, 0.1) is 0 Å². The highest BCUT2D eigenvalue weighted by Gasteiger charge is 2.57. The van der Waals surface area contributed by atoms with E-state index in [0.717, 1.165) is 19.5 Å². The molecule has 4 rings (SSSR count). The SMILES string of the molecule is CC[C@@]1(N2CCN(C(=O)OC(C)(C)C)CC2)COC[C@@H]1O[Si](c1ccccc1)(c1ccccc1)C(C)(C)C. The number of ether oxygens (including phenoxy) is 2. The lowest BCUT2D eigenvalue weighted by atomic mass is 9.89. The van der Waals surface area contributed by atoms with Gasteiger partial charge in [-0.05, 0) is 42.6 Å². The summed E-state index contributed by atoms with van der Waals surface area (Å²) < 4.78 is 19.5. The number of rotatable bonds is 6. The Morgan fingerprint density at radius 1 is 0.921 bits per heavy atom. The lowest BCUT2D eigenvalue weighted by molar-refractivity contribution is -0.0324. The van der Waals surface area contributed by atoms with Gasteiger partial charge in [-0.25, -0.2) is 4.79 Å². The van der Waals surface area contributed by atoms with E-state index >= 15 is 0 Å². The maximum Gasteiger partial charge on any atom is 0.410 e. The Kier molecular flexibility index (Phi) is 8.43. The van der Waals surface area contributed by atoms with Crippen molar-refractivity contribution in [3.8, 4) is 0 Å². The molecule has 208 valence electrons. The summed E-state index contributed by atoms with van der Waals surface area (Å²) in [4.78, 5) is 17.1. The molecule has 0 spiro atoms. The number of nitrogens with zero attached hydrogens (tertiary/aromatic N) is 2. The Hall–Kier alpha value is -2.19. The second kappa shape index (κ2) is 11.1. The molecule has 0 unspecified atom stereocenters. The molecule has 2 heterocycles. The number of amides is 1. The van der Waals surface area contributed by atoms with Crippen LogP contribution in [0.15, 0.2) is 60.7 Å². The van der Waals surface area contributed by atoms with Gasteiger partial charge in [-0.15, -0.1) is 0 Å². The number of piperazine rings is 1. The monoisotopic (exact) mass is 538 g/mol. The van der Waals surface area contributed by atoms with Crippen molar-refractivity contribution in [2.24, 2.45) is 0 Å². The van der Waals surface area contributed by atoms with Gasteiger partial charge in [-0.1, -0.05) is 88.4 Å². The van der Waals surface area contributed by atoms with Gasteiger partial charge in [0.1, 0.15) is 5.60 Å². The molecule has 0 radical (unpaired) electrons. The summed E-state index contributed by atoms with van der Waals surface area (Å²) >= 11 is 0. The minimum absolute atomic E-state index is 0.0770. The standard InChI is InChI=1S/C31H46N2O4Si/c1-8-31(33-21-19-32(20-22-33)28(34)36-29(2,3)4)24-35-23-27(31)37-38(30(5,6)7,25-15-11-9-12-16-25)26-17-13-10-14-18-26/h9-18,27H,8,19-24H2,1-7H3/t27-,31+/m0/s1. The Morgan fingerprint density at radius 2 is 1.45 bits per heavy atom. The first-order valence-electron chi connectivity index (χ1n) is 14.0. The molecule has 2 aliphatic heterocycles. The maximum atomic E-state index is 12.7. The van der Waals surface area contributed by atoms with Crippen LogP contribution in [0.5, 0.6) is 0 Å². The van der Waals surface area contributed by atoms with E-state index in [4.69, 9.17) is 13.9 Å². The van der Waals surface area contributed by atoms with Crippen LogP contribution in [0.2, 0.25) is 5.04 Å². The molecule has 0 bridgehead atoms. The number of hydrogen-bond donors (Lipinski definition) is 0. The van der Waals surface area contributed by atoms with Crippen molar-refractivity contribution in [3.63, 3.8) is 0 Å². The third-order valence-electron chi connectivity index (χ3n) is 8.13. The van der Waals surface area contributed by atoms with Crippen LogP contribution in [0.3, 0.4) is 0 Å². The second-order valence-corrected chi connectivity index (χ2v) is 16.9. The van der Waals surface area contributed by atoms with Gasteiger partial charge >= 0.3 is 6.09 Å². The lowest BCUT2D eigenvalue weighted by Gasteiger charge is -2.51. The maximum absolute atomic E-state index is 12.7. The molecule has 0 aromatic heterocycles. The molecule has 2 saturated heterocycles. The summed E-state index contributed by atoms with van der Waals surface area (Å²) in [5, 5.41) is 2.46. The van der Waals surface area contributed by atoms with E-state index in [0.29, 0.717) is 26.3 Å². The Morgan fingerprint density at radius 3 is 1.89 bits per heavy atom. The van der Waals surface area contributed by atoms with E-state index in [9.17, 15) is 4.79 Å². The van der Waals surface area contributed by atoms with Crippen LogP contribution in [-0.2, 0) is 13.9 Å². The Labute approximate surface area is 230 Å². The third-order valence-corrected chi connectivity index (χ3v) is 13.2. The highest BCUT2D eigenvalue weighted by Crippen LogP contribution is 2.42. The van der Waals surface area contributed by atoms with Crippen LogP contribution < -0.4 is 10.4 Å². The summed E-state index contributed by atoms with van der Waals surface area (Å²) in [6.45, 7) is 19.0. The zero-order valence-corrected chi connectivity index (χ0v) is 25.3. The molecule has 1 amide bonds. The third kappa shape index (κ3) is 5.57. The average Bonchev–Trinajstić information content (AvgIpc) is 3.30. The highest BCUT2D eigenvalue weighted by molar-refractivity contribution is 6.99. The fraction of sp³-hybridized carbons (Fsp3) is 0.581. The quantitative estimate of drug-likeness (QED) is 0.501. The van der Waals surface area contributed by atoms with Gasteiger partial charge in [0.2, 0.25) is 0 Å². The first-order chi connectivity index (χ1) is 17.9. The van der Waals surface area contributed by atoms with E-state index in [1.807, 2.05) is 25.7 Å². The predicted molar refractivity (Wildman–Crippen MR) is 156 cm³/mol. The number of carbonyl (C=O) groups excluding carboxylic acids is 1. The molecule has 6 nitrogen and oxygen atoms in total. The lowest BCUT2D eigenvalue weighted by Crippen LogP contribution is -2.71. The summed E-state index contributed by atoms with van der Waals surface area (Å²) in [5.41, 5.74) is -0.736. The number of hydrogen-bond acceptors (Lipinski definition) is 5. The molecular formula is C31H46N2O4Si. The van der Waals surface area contributed by atoms with Crippen LogP contribution in [0.1, 0.15) is 54.9 Å². The van der Waals surface area contributed by atoms with Crippen molar-refractivity contribution in [2.45, 2.75) is 77.2 Å². The summed E-state index contributed by atoms with van der Waals surface area (Å²) in [6.07, 6.45) is 0.611. The molecule has 2 aromatic rings. The normalized spacial score (nSPS) is 23.4. The fourth-order valence-corrected chi connectivity index (χ4v) is 10.9. The Bertz CT molecular complexity index is 1020. The largest absolute Gasteiger partial charge is 0.444 e. The molecule has 7 heteroatoms. The highest BCUT2D eigenvalue weighted by atomic mass is 28.4. The molecule has 0 saturated carbocycles. The fourth-order valence-electron chi connectivity index (χ4n) is 6.15. The van der Waals surface area contributed by atoms with E-state index in [1.165, 1.54) is 10.4 Å². The molecule has 2 atom stereocenters. The smallest absolute Gasteiger partial charge is 0.410 e. The topological polar surface area (TPSA) is 51.2 Å². The number of carbonyl (C=O) groups is 1. The molecule has 2 aliphatic rings. The predicted octanol–water partition coefficient (Wildman–Crippen LogP) is 4.66. The van der Waals surface area contributed by atoms with Gasteiger partial charge in [0.25, 0.3) is 8.32 Å². The van der Waals surface area contributed by atoms with Gasteiger partial charge in [0, 0.05) is 26.2 Å². The van der Waals surface area contributed by atoms with Crippen molar-refractivity contribution in [1.29, 1.82) is 0 Å². The Balaban J connectivity index is 1.66. The molecular weight excluding hydrogens is 492 g/mol. The van der Waals surface area contributed by atoms with Gasteiger partial charge in [-0.2, -0.15) is 0 Å². The van der Waals surface area contributed by atoms with Crippen molar-refractivity contribution in [3.05, 3.63) is 60.7 Å². The zero-order chi connectivity index (χ0) is 27.6. The van der Waals surface area contributed by atoms with Crippen molar-refractivity contribution in [1.82, 2.24) is 9.80 Å². The van der Waals surface area contributed by atoms with Gasteiger partial charge in [-0.3, -0.25) is 4.90 Å². The van der Waals surface area contributed by atoms with Crippen molar-refractivity contribution in [2.75, 3.05) is 39.4 Å². The summed E-state index contributed by atoms with van der Waals surface area (Å²) in [7, 11) is -2.73. The van der Waals surface area contributed by atoms with Crippen LogP contribution in [0.25, 0.3) is 0 Å². The average molecular weight is 539 g/mol. The first-order valence-corrected chi connectivity index (χ1v) is 15.9. The summed E-state index contributed by atoms with van der Waals surface area (Å²) in [6, 6.07) is 21.6. The zero-order valence-electron chi connectivity index (χ0n) is 24.3. The molecule has 2 aromatic carbocycles. The van der Waals surface area contributed by atoms with Crippen LogP contribution in [0.4, 0.5) is 4.79 Å². The molecule has 0 aliphatic carbocycles. The van der Waals surface area contributed by atoms with E-state index in [1.54, 1.807) is 0 Å². The van der Waals surface area contributed by atoms with Crippen molar-refractivity contribution >= 4 is 24.8 Å². The summed E-state index contributed by atoms with van der Waals surface area (Å²) in [5.74, 6) is 0. The van der Waals surface area contributed by atoms with Crippen LogP contribution in [-0.4, -0.2) is 80.8 Å². The van der Waals surface area contributed by atoms with E-state index in [2.05, 4.69) is 93.3 Å². The second-order valence-electron chi connectivity index (χ2n) is 12.7. The van der Waals surface area contributed by atoms with Crippen molar-refractivity contribution < 1.29 is 18.7 Å². The van der Waals surface area contributed by atoms with Gasteiger partial charge < -0.3 is 18.8 Å². The molecule has 0 N–H and O–H groups in total. The minimum Gasteiger partial charge on any atom is -0.444 e. The molecule has 2 fully saturated rings. The molecule has 38 heavy (non-hydrogen) atoms. The van der Waals surface area contributed by atoms with E-state index in [-0.39, 0.29) is 22.8 Å². The minimum atomic E-state index is -2.73. The van der Waals surface area contributed by atoms with Crippen LogP contribution >= 0.6 is 0 Å². The van der Waals surface area contributed by atoms with Gasteiger partial charge in [0.05, 0.1) is 24.9 Å². The van der Waals surface area contributed by atoms with Gasteiger partial charge in [0.15, 0.2) is 0 Å².